The normalized spacial score (nSPS) is 17.4. The van der Waals surface area contributed by atoms with Crippen molar-refractivity contribution in [2.24, 2.45) is 5.92 Å². The van der Waals surface area contributed by atoms with Crippen molar-refractivity contribution in [2.75, 3.05) is 11.9 Å². The molecule has 0 atom stereocenters. The van der Waals surface area contributed by atoms with Crippen LogP contribution in [0, 0.1) is 5.92 Å². The maximum Gasteiger partial charge on any atom is 0.132 e. The first-order valence-corrected chi connectivity index (χ1v) is 6.54. The minimum absolute atomic E-state index is 0.430. The molecule has 0 heterocycles. The topological polar surface area (TPSA) is 29.1 Å². The third-order valence-corrected chi connectivity index (χ3v) is 3.63. The zero-order chi connectivity index (χ0) is 11.4. The van der Waals surface area contributed by atoms with Gasteiger partial charge in [-0.15, -0.1) is 0 Å². The summed E-state index contributed by atoms with van der Waals surface area (Å²) in [4.78, 5) is 11.1. The van der Waals surface area contributed by atoms with Crippen LogP contribution in [0.2, 0.25) is 0 Å². The van der Waals surface area contributed by atoms with Gasteiger partial charge in [0.2, 0.25) is 0 Å². The molecule has 0 unspecified atom stereocenters. The Labute approximate surface area is 105 Å². The Morgan fingerprint density at radius 3 is 2.44 bits per heavy atom. The zero-order valence-corrected chi connectivity index (χ0v) is 10.8. The summed E-state index contributed by atoms with van der Waals surface area (Å²) in [5.74, 6) is 1.08. The molecular weight excluding hydrogens is 266 g/mol. The molecule has 1 aliphatic rings. The Morgan fingerprint density at radius 1 is 1.19 bits per heavy atom. The molecule has 1 aliphatic carbocycles. The standard InChI is InChI=1S/C13H16BrNO/c14-11-3-5-12(6-4-11)15-9-10-1-7-13(16)8-2-10/h3-6,10,15H,1-2,7-9H2. The highest BCUT2D eigenvalue weighted by molar-refractivity contribution is 9.10. The number of halogens is 1. The first-order chi connectivity index (χ1) is 7.74. The SMILES string of the molecule is O=C1CCC(CNc2ccc(Br)cc2)CC1. The number of nitrogens with one attached hydrogen (secondary N) is 1. The second-order valence-electron chi connectivity index (χ2n) is 4.37. The summed E-state index contributed by atoms with van der Waals surface area (Å²) in [5.41, 5.74) is 1.15. The van der Waals surface area contributed by atoms with Crippen molar-refractivity contribution in [2.45, 2.75) is 25.7 Å². The summed E-state index contributed by atoms with van der Waals surface area (Å²) in [6, 6.07) is 8.20. The van der Waals surface area contributed by atoms with Crippen molar-refractivity contribution >= 4 is 27.4 Å². The van der Waals surface area contributed by atoms with Crippen LogP contribution in [0.4, 0.5) is 5.69 Å². The lowest BCUT2D eigenvalue weighted by atomic mass is 9.88. The fourth-order valence-corrected chi connectivity index (χ4v) is 2.30. The lowest BCUT2D eigenvalue weighted by Crippen LogP contribution is -2.20. The van der Waals surface area contributed by atoms with Crippen molar-refractivity contribution in [1.29, 1.82) is 0 Å². The Kier molecular flexibility index (Phi) is 3.99. The summed E-state index contributed by atoms with van der Waals surface area (Å²) < 4.78 is 1.10. The minimum Gasteiger partial charge on any atom is -0.385 e. The summed E-state index contributed by atoms with van der Waals surface area (Å²) >= 11 is 3.41. The number of carbonyl (C=O) groups excluding carboxylic acids is 1. The number of hydrogen-bond donors (Lipinski definition) is 1. The van der Waals surface area contributed by atoms with Gasteiger partial charge in [-0.2, -0.15) is 0 Å². The summed E-state index contributed by atoms with van der Waals surface area (Å²) in [6.07, 6.45) is 3.63. The predicted octanol–water partition coefficient (Wildman–Crippen LogP) is 3.62. The van der Waals surface area contributed by atoms with E-state index in [1.54, 1.807) is 0 Å². The van der Waals surface area contributed by atoms with Gasteiger partial charge in [0.15, 0.2) is 0 Å². The molecule has 0 bridgehead atoms. The molecule has 0 aliphatic heterocycles. The fraction of sp³-hybridized carbons (Fsp3) is 0.462. The van der Waals surface area contributed by atoms with Crippen LogP contribution in [-0.4, -0.2) is 12.3 Å². The van der Waals surface area contributed by atoms with Crippen molar-refractivity contribution in [3.63, 3.8) is 0 Å². The quantitative estimate of drug-likeness (QED) is 0.917. The van der Waals surface area contributed by atoms with Gasteiger partial charge in [-0.1, -0.05) is 15.9 Å². The van der Waals surface area contributed by atoms with E-state index in [-0.39, 0.29) is 0 Å². The molecule has 16 heavy (non-hydrogen) atoms. The number of anilines is 1. The smallest absolute Gasteiger partial charge is 0.132 e. The maximum atomic E-state index is 11.1. The number of Topliss-reactive ketones (excluding diaryl/α,β-unsaturated/α-hetero) is 1. The second-order valence-corrected chi connectivity index (χ2v) is 5.29. The van der Waals surface area contributed by atoms with Crippen LogP contribution in [0.25, 0.3) is 0 Å². The van der Waals surface area contributed by atoms with E-state index in [0.29, 0.717) is 11.7 Å². The van der Waals surface area contributed by atoms with E-state index >= 15 is 0 Å². The van der Waals surface area contributed by atoms with Crippen molar-refractivity contribution in [3.8, 4) is 0 Å². The summed E-state index contributed by atoms with van der Waals surface area (Å²) in [5, 5.41) is 3.42. The van der Waals surface area contributed by atoms with E-state index in [9.17, 15) is 4.79 Å². The Balaban J connectivity index is 1.79. The molecule has 86 valence electrons. The molecule has 1 N–H and O–H groups in total. The van der Waals surface area contributed by atoms with Crippen molar-refractivity contribution in [3.05, 3.63) is 28.7 Å². The van der Waals surface area contributed by atoms with E-state index in [4.69, 9.17) is 0 Å². The molecule has 1 fully saturated rings. The minimum atomic E-state index is 0.430. The number of benzene rings is 1. The van der Waals surface area contributed by atoms with Gasteiger partial charge in [0.1, 0.15) is 5.78 Å². The number of rotatable bonds is 3. The number of ketones is 1. The van der Waals surface area contributed by atoms with E-state index in [1.165, 1.54) is 0 Å². The Bertz CT molecular complexity index is 351. The van der Waals surface area contributed by atoms with E-state index < -0.39 is 0 Å². The molecule has 1 aromatic rings. The third kappa shape index (κ3) is 3.34. The molecule has 0 saturated heterocycles. The lowest BCUT2D eigenvalue weighted by Gasteiger charge is -2.21. The highest BCUT2D eigenvalue weighted by Crippen LogP contribution is 2.22. The fourth-order valence-electron chi connectivity index (χ4n) is 2.03. The zero-order valence-electron chi connectivity index (χ0n) is 9.21. The highest BCUT2D eigenvalue weighted by Gasteiger charge is 2.18. The van der Waals surface area contributed by atoms with Gasteiger partial charge in [-0.05, 0) is 43.0 Å². The van der Waals surface area contributed by atoms with E-state index in [1.807, 2.05) is 12.1 Å². The van der Waals surface area contributed by atoms with Crippen LogP contribution in [0.15, 0.2) is 28.7 Å². The van der Waals surface area contributed by atoms with Crippen LogP contribution >= 0.6 is 15.9 Å². The van der Waals surface area contributed by atoms with Gasteiger partial charge >= 0.3 is 0 Å². The molecule has 3 heteroatoms. The number of hydrogen-bond acceptors (Lipinski definition) is 2. The van der Waals surface area contributed by atoms with Crippen LogP contribution < -0.4 is 5.32 Å². The van der Waals surface area contributed by atoms with E-state index in [2.05, 4.69) is 33.4 Å². The van der Waals surface area contributed by atoms with Crippen LogP contribution in [-0.2, 0) is 4.79 Å². The highest BCUT2D eigenvalue weighted by atomic mass is 79.9. The van der Waals surface area contributed by atoms with Gasteiger partial charge in [0, 0.05) is 29.5 Å². The van der Waals surface area contributed by atoms with Crippen LogP contribution in [0.3, 0.4) is 0 Å². The molecule has 1 aromatic carbocycles. The third-order valence-electron chi connectivity index (χ3n) is 3.10. The summed E-state index contributed by atoms with van der Waals surface area (Å²) in [7, 11) is 0. The van der Waals surface area contributed by atoms with Crippen LogP contribution in [0.5, 0.6) is 0 Å². The maximum absolute atomic E-state index is 11.1. The molecule has 0 amide bonds. The largest absolute Gasteiger partial charge is 0.385 e. The summed E-state index contributed by atoms with van der Waals surface area (Å²) in [6.45, 7) is 0.981. The molecular formula is C13H16BrNO. The average molecular weight is 282 g/mol. The lowest BCUT2D eigenvalue weighted by molar-refractivity contribution is -0.120. The van der Waals surface area contributed by atoms with Gasteiger partial charge < -0.3 is 5.32 Å². The molecule has 2 rings (SSSR count). The van der Waals surface area contributed by atoms with Gasteiger partial charge in [-0.3, -0.25) is 4.79 Å². The van der Waals surface area contributed by atoms with Gasteiger partial charge in [0.05, 0.1) is 0 Å². The van der Waals surface area contributed by atoms with E-state index in [0.717, 1.165) is 42.4 Å². The first-order valence-electron chi connectivity index (χ1n) is 5.75. The Morgan fingerprint density at radius 2 is 1.81 bits per heavy atom. The molecule has 0 spiro atoms. The number of carbonyl (C=O) groups is 1. The monoisotopic (exact) mass is 281 g/mol. The van der Waals surface area contributed by atoms with Crippen molar-refractivity contribution < 1.29 is 4.79 Å². The average Bonchev–Trinajstić information content (AvgIpc) is 2.30. The molecule has 0 radical (unpaired) electrons. The van der Waals surface area contributed by atoms with Gasteiger partial charge in [0.25, 0.3) is 0 Å². The second kappa shape index (κ2) is 5.48. The predicted molar refractivity (Wildman–Crippen MR) is 69.6 cm³/mol. The van der Waals surface area contributed by atoms with Crippen LogP contribution in [0.1, 0.15) is 25.7 Å². The molecule has 1 saturated carbocycles. The van der Waals surface area contributed by atoms with Gasteiger partial charge in [-0.25, -0.2) is 0 Å². The molecule has 2 nitrogen and oxygen atoms in total. The first kappa shape index (κ1) is 11.6. The van der Waals surface area contributed by atoms with Crippen molar-refractivity contribution in [1.82, 2.24) is 0 Å². The molecule has 0 aromatic heterocycles. The Hall–Kier alpha value is -0.830.